The van der Waals surface area contributed by atoms with Gasteiger partial charge in [-0.05, 0) is 43.5 Å². The number of carbonyl (C=O) groups excluding carboxylic acids is 1. The summed E-state index contributed by atoms with van der Waals surface area (Å²) in [5.41, 5.74) is 4.69. The van der Waals surface area contributed by atoms with Crippen molar-refractivity contribution in [2.24, 2.45) is 0 Å². The van der Waals surface area contributed by atoms with Gasteiger partial charge in [0.1, 0.15) is 5.00 Å². The SMILES string of the molecule is CC1(C)Cc2c(sc(N3CCOCC3)c2-c2cccc(N3CCNCC3)c2)C(=O)N1. The molecule has 1 amide bonds. The van der Waals surface area contributed by atoms with E-state index in [1.807, 2.05) is 0 Å². The van der Waals surface area contributed by atoms with E-state index in [1.165, 1.54) is 27.4 Å². The summed E-state index contributed by atoms with van der Waals surface area (Å²) in [6, 6.07) is 8.89. The summed E-state index contributed by atoms with van der Waals surface area (Å²) in [7, 11) is 0. The summed E-state index contributed by atoms with van der Waals surface area (Å²) in [6.45, 7) is 11.5. The van der Waals surface area contributed by atoms with Crippen LogP contribution in [0.1, 0.15) is 29.1 Å². The largest absolute Gasteiger partial charge is 0.378 e. The Morgan fingerprint density at radius 1 is 1.07 bits per heavy atom. The van der Waals surface area contributed by atoms with Crippen LogP contribution in [0.5, 0.6) is 0 Å². The second-order valence-electron chi connectivity index (χ2n) is 8.99. The van der Waals surface area contributed by atoms with Crippen LogP contribution in [0.2, 0.25) is 0 Å². The number of amides is 1. The van der Waals surface area contributed by atoms with Crippen molar-refractivity contribution >= 4 is 27.9 Å². The smallest absolute Gasteiger partial charge is 0.262 e. The maximum Gasteiger partial charge on any atom is 0.262 e. The highest BCUT2D eigenvalue weighted by Gasteiger charge is 2.36. The van der Waals surface area contributed by atoms with E-state index in [1.54, 1.807) is 11.3 Å². The summed E-state index contributed by atoms with van der Waals surface area (Å²) in [5, 5.41) is 7.83. The monoisotopic (exact) mass is 426 g/mol. The van der Waals surface area contributed by atoms with Gasteiger partial charge >= 0.3 is 0 Å². The molecule has 2 N–H and O–H groups in total. The van der Waals surface area contributed by atoms with Crippen molar-refractivity contribution in [2.75, 3.05) is 62.3 Å². The van der Waals surface area contributed by atoms with E-state index in [0.29, 0.717) is 0 Å². The van der Waals surface area contributed by atoms with Crippen LogP contribution in [0, 0.1) is 0 Å². The van der Waals surface area contributed by atoms with Crippen molar-refractivity contribution in [3.05, 3.63) is 34.7 Å². The molecule has 0 bridgehead atoms. The van der Waals surface area contributed by atoms with Crippen molar-refractivity contribution in [1.29, 1.82) is 0 Å². The van der Waals surface area contributed by atoms with Gasteiger partial charge in [-0.2, -0.15) is 0 Å². The highest BCUT2D eigenvalue weighted by molar-refractivity contribution is 7.19. The minimum Gasteiger partial charge on any atom is -0.378 e. The number of morpholine rings is 1. The van der Waals surface area contributed by atoms with Crippen LogP contribution in [0.15, 0.2) is 24.3 Å². The van der Waals surface area contributed by atoms with E-state index in [9.17, 15) is 4.79 Å². The van der Waals surface area contributed by atoms with E-state index < -0.39 is 0 Å². The molecule has 30 heavy (non-hydrogen) atoms. The van der Waals surface area contributed by atoms with Crippen molar-refractivity contribution in [1.82, 2.24) is 10.6 Å². The third-order valence-corrected chi connectivity index (χ3v) is 7.47. The van der Waals surface area contributed by atoms with Crippen molar-refractivity contribution in [2.45, 2.75) is 25.8 Å². The molecule has 1 aromatic heterocycles. The van der Waals surface area contributed by atoms with Gasteiger partial charge in [0.15, 0.2) is 0 Å². The molecule has 3 aliphatic heterocycles. The molecule has 6 nitrogen and oxygen atoms in total. The molecule has 160 valence electrons. The quantitative estimate of drug-likeness (QED) is 0.791. The fraction of sp³-hybridized carbons (Fsp3) is 0.522. The number of rotatable bonds is 3. The van der Waals surface area contributed by atoms with E-state index in [2.05, 4.69) is 58.5 Å². The fourth-order valence-corrected chi connectivity index (χ4v) is 6.01. The molecule has 2 saturated heterocycles. The Morgan fingerprint density at radius 3 is 2.60 bits per heavy atom. The molecule has 7 heteroatoms. The van der Waals surface area contributed by atoms with Gasteiger partial charge in [-0.15, -0.1) is 11.3 Å². The Labute approximate surface area is 182 Å². The van der Waals surface area contributed by atoms with Gasteiger partial charge in [0.25, 0.3) is 5.91 Å². The number of fused-ring (bicyclic) bond motifs is 1. The Morgan fingerprint density at radius 2 is 1.83 bits per heavy atom. The van der Waals surface area contributed by atoms with E-state index >= 15 is 0 Å². The number of nitrogens with zero attached hydrogens (tertiary/aromatic N) is 2. The number of carbonyl (C=O) groups is 1. The Bertz CT molecular complexity index is 943. The van der Waals surface area contributed by atoms with Crippen LogP contribution in [0.4, 0.5) is 10.7 Å². The van der Waals surface area contributed by atoms with Gasteiger partial charge in [0.05, 0.1) is 18.1 Å². The third-order valence-electron chi connectivity index (χ3n) is 6.18. The highest BCUT2D eigenvalue weighted by Crippen LogP contribution is 2.46. The van der Waals surface area contributed by atoms with E-state index in [4.69, 9.17) is 4.74 Å². The maximum atomic E-state index is 12.9. The lowest BCUT2D eigenvalue weighted by atomic mass is 9.87. The summed E-state index contributed by atoms with van der Waals surface area (Å²) in [4.78, 5) is 18.7. The van der Waals surface area contributed by atoms with E-state index in [-0.39, 0.29) is 11.4 Å². The predicted molar refractivity (Wildman–Crippen MR) is 123 cm³/mol. The second-order valence-corrected chi connectivity index (χ2v) is 9.99. The topological polar surface area (TPSA) is 56.8 Å². The van der Waals surface area contributed by atoms with Gasteiger partial charge in [-0.25, -0.2) is 0 Å². The molecule has 0 saturated carbocycles. The molecular formula is C23H30N4O2S. The number of piperazine rings is 1. The molecule has 2 aromatic rings. The summed E-state index contributed by atoms with van der Waals surface area (Å²) in [6.07, 6.45) is 0.849. The summed E-state index contributed by atoms with van der Waals surface area (Å²) in [5.74, 6) is 0.0604. The molecule has 5 rings (SSSR count). The zero-order chi connectivity index (χ0) is 20.7. The summed E-state index contributed by atoms with van der Waals surface area (Å²) < 4.78 is 5.59. The zero-order valence-corrected chi connectivity index (χ0v) is 18.6. The number of anilines is 2. The molecule has 0 atom stereocenters. The molecule has 0 unspecified atom stereocenters. The van der Waals surface area contributed by atoms with Crippen LogP contribution in [-0.2, 0) is 11.2 Å². The van der Waals surface area contributed by atoms with Crippen LogP contribution in [-0.4, -0.2) is 63.9 Å². The Hall–Kier alpha value is -2.09. The number of nitrogens with one attached hydrogen (secondary N) is 2. The minimum absolute atomic E-state index is 0.0604. The lowest BCUT2D eigenvalue weighted by Crippen LogP contribution is -2.48. The average molecular weight is 427 g/mol. The van der Waals surface area contributed by atoms with Crippen LogP contribution < -0.4 is 20.4 Å². The maximum absolute atomic E-state index is 12.9. The molecule has 0 spiro atoms. The van der Waals surface area contributed by atoms with E-state index in [0.717, 1.165) is 63.8 Å². The first-order chi connectivity index (χ1) is 14.5. The minimum atomic E-state index is -0.238. The number of hydrogen-bond acceptors (Lipinski definition) is 6. The van der Waals surface area contributed by atoms with Gasteiger partial charge < -0.3 is 25.2 Å². The Kier molecular flexibility index (Phi) is 5.21. The van der Waals surface area contributed by atoms with Crippen molar-refractivity contribution < 1.29 is 9.53 Å². The zero-order valence-electron chi connectivity index (χ0n) is 17.8. The molecule has 2 fully saturated rings. The number of thiophene rings is 1. The Balaban J connectivity index is 1.62. The first-order valence-corrected chi connectivity index (χ1v) is 11.7. The third kappa shape index (κ3) is 3.70. The highest BCUT2D eigenvalue weighted by atomic mass is 32.1. The lowest BCUT2D eigenvalue weighted by molar-refractivity contribution is 0.0902. The first kappa shape index (κ1) is 19.8. The summed E-state index contributed by atoms with van der Waals surface area (Å²) >= 11 is 1.65. The number of ether oxygens (including phenoxy) is 1. The fourth-order valence-electron chi connectivity index (χ4n) is 4.72. The van der Waals surface area contributed by atoms with Gasteiger partial charge in [0.2, 0.25) is 0 Å². The van der Waals surface area contributed by atoms with Crippen molar-refractivity contribution in [3.8, 4) is 11.1 Å². The molecule has 4 heterocycles. The normalized spacial score (nSPS) is 21.3. The second kappa shape index (κ2) is 7.87. The van der Waals surface area contributed by atoms with Crippen molar-refractivity contribution in [3.63, 3.8) is 0 Å². The number of benzene rings is 1. The van der Waals surface area contributed by atoms with Crippen LogP contribution in [0.3, 0.4) is 0 Å². The van der Waals surface area contributed by atoms with Crippen LogP contribution >= 0.6 is 11.3 Å². The molecule has 0 aliphatic carbocycles. The van der Waals surface area contributed by atoms with Gasteiger partial charge in [0, 0.05) is 56.1 Å². The first-order valence-electron chi connectivity index (χ1n) is 10.9. The molecule has 3 aliphatic rings. The predicted octanol–water partition coefficient (Wildman–Crippen LogP) is 2.73. The average Bonchev–Trinajstić information content (AvgIpc) is 3.14. The standard InChI is InChI=1S/C23H30N4O2S/c1-23(2)15-18-19(16-4-3-5-17(14-16)26-8-6-24-7-9-26)22(27-10-12-29-13-11-27)30-20(18)21(28)25-23/h3-5,14,24H,6-13,15H2,1-2H3,(H,25,28). The lowest BCUT2D eigenvalue weighted by Gasteiger charge is -2.32. The molecule has 1 aromatic carbocycles. The molecule has 0 radical (unpaired) electrons. The van der Waals surface area contributed by atoms with Gasteiger partial charge in [-0.1, -0.05) is 12.1 Å². The molecular weight excluding hydrogens is 396 g/mol. The number of hydrogen-bond donors (Lipinski definition) is 2. The van der Waals surface area contributed by atoms with Gasteiger partial charge in [-0.3, -0.25) is 4.79 Å². The van der Waals surface area contributed by atoms with Crippen LogP contribution in [0.25, 0.3) is 11.1 Å².